The van der Waals surface area contributed by atoms with Crippen LogP contribution in [-0.4, -0.2) is 44.9 Å². The Morgan fingerprint density at radius 2 is 1.70 bits per heavy atom. The second kappa shape index (κ2) is 11.4. The number of carbonyl (C=O) groups is 2. The fourth-order valence-electron chi connectivity index (χ4n) is 4.04. The number of benzene rings is 3. The average Bonchev–Trinajstić information content (AvgIpc) is 3.37. The summed E-state index contributed by atoms with van der Waals surface area (Å²) in [6.45, 7) is 0.431. The summed E-state index contributed by atoms with van der Waals surface area (Å²) in [5.41, 5.74) is 9.75. The molecule has 0 spiro atoms. The van der Waals surface area contributed by atoms with E-state index in [0.717, 1.165) is 0 Å². The molecule has 1 aliphatic heterocycles. The molecule has 10 nitrogen and oxygen atoms in total. The van der Waals surface area contributed by atoms with E-state index in [4.69, 9.17) is 20.3 Å². The van der Waals surface area contributed by atoms with Crippen molar-refractivity contribution in [1.29, 1.82) is 0 Å². The third-order valence-electron chi connectivity index (χ3n) is 5.80. The summed E-state index contributed by atoms with van der Waals surface area (Å²) in [6.07, 6.45) is 0.780. The van der Waals surface area contributed by atoms with Crippen LogP contribution in [0.15, 0.2) is 84.0 Å². The number of rotatable bonds is 8. The molecule has 1 fully saturated rings. The van der Waals surface area contributed by atoms with Gasteiger partial charge in [0.05, 0.1) is 6.16 Å². The lowest BCUT2D eigenvalue weighted by Gasteiger charge is -2.23. The lowest BCUT2D eigenvalue weighted by Crippen LogP contribution is -2.45. The molecule has 1 aliphatic rings. The molecule has 5 N–H and O–H groups in total. The molecule has 0 unspecified atom stereocenters. The van der Waals surface area contributed by atoms with Gasteiger partial charge in [-0.25, -0.2) is 5.43 Å². The number of ether oxygens (including phenoxy) is 1. The Morgan fingerprint density at radius 3 is 2.41 bits per heavy atom. The minimum absolute atomic E-state index is 0.0257. The third kappa shape index (κ3) is 7.04. The van der Waals surface area contributed by atoms with E-state index in [9.17, 15) is 14.2 Å². The first kappa shape index (κ1) is 26.1. The van der Waals surface area contributed by atoms with Crippen LogP contribution in [0.25, 0.3) is 0 Å². The maximum atomic E-state index is 13.2. The van der Waals surface area contributed by atoms with Gasteiger partial charge in [0.2, 0.25) is 0 Å². The van der Waals surface area contributed by atoms with Gasteiger partial charge in [0.15, 0.2) is 5.84 Å². The van der Waals surface area contributed by atoms with Crippen LogP contribution < -0.4 is 15.9 Å². The van der Waals surface area contributed by atoms with Crippen molar-refractivity contribution in [2.75, 3.05) is 6.54 Å². The van der Waals surface area contributed by atoms with Gasteiger partial charge in [-0.1, -0.05) is 48.5 Å². The summed E-state index contributed by atoms with van der Waals surface area (Å²) in [5.74, 6) is 0.453. The summed E-state index contributed by atoms with van der Waals surface area (Å²) in [6, 6.07) is 21.5. The lowest BCUT2D eigenvalue weighted by atomic mass is 10.1. The number of hydrogen-bond acceptors (Lipinski definition) is 5. The van der Waals surface area contributed by atoms with Crippen molar-refractivity contribution in [2.24, 2.45) is 10.8 Å². The van der Waals surface area contributed by atoms with Gasteiger partial charge < -0.3 is 25.2 Å². The summed E-state index contributed by atoms with van der Waals surface area (Å²) in [5, 5.41) is 3.95. The molecule has 0 aromatic heterocycles. The molecule has 11 heteroatoms. The van der Waals surface area contributed by atoms with Crippen molar-refractivity contribution in [3.63, 3.8) is 0 Å². The number of hydrogen-bond donors (Lipinski definition) is 4. The van der Waals surface area contributed by atoms with E-state index in [0.29, 0.717) is 47.6 Å². The van der Waals surface area contributed by atoms with Crippen LogP contribution in [0.1, 0.15) is 34.3 Å². The van der Waals surface area contributed by atoms with Crippen molar-refractivity contribution in [2.45, 2.75) is 25.0 Å². The number of nitrogens with zero attached hydrogens (tertiary/aromatic N) is 2. The number of carbonyl (C=O) groups excluding carboxylic acids is 2. The highest BCUT2D eigenvalue weighted by Crippen LogP contribution is 2.38. The molecule has 0 radical (unpaired) electrons. The Morgan fingerprint density at radius 1 is 1.00 bits per heavy atom. The Hall–Kier alpha value is -3.98. The molecule has 192 valence electrons. The highest BCUT2D eigenvalue weighted by Gasteiger charge is 2.34. The van der Waals surface area contributed by atoms with Gasteiger partial charge in [-0.2, -0.15) is 5.10 Å². The topological polar surface area (TPSA) is 155 Å². The first-order chi connectivity index (χ1) is 17.7. The number of amides is 2. The molecule has 0 saturated carbocycles. The predicted octanol–water partition coefficient (Wildman–Crippen LogP) is 3.20. The first-order valence-electron chi connectivity index (χ1n) is 11.6. The van der Waals surface area contributed by atoms with E-state index >= 15 is 0 Å². The van der Waals surface area contributed by atoms with E-state index < -0.39 is 19.5 Å². The molecule has 1 atom stereocenters. The number of nitrogens with two attached hydrogens (primary N) is 1. The fraction of sp³-hybridized carbons (Fsp3) is 0.192. The zero-order valence-electron chi connectivity index (χ0n) is 19.9. The third-order valence-corrected chi connectivity index (χ3v) is 6.58. The van der Waals surface area contributed by atoms with Crippen molar-refractivity contribution in [1.82, 2.24) is 10.3 Å². The molecule has 0 aliphatic carbocycles. The number of nitrogens with one attached hydrogen (secondary N) is 1. The second-order valence-corrected chi connectivity index (χ2v) is 10.2. The van der Waals surface area contributed by atoms with Crippen LogP contribution in [0.4, 0.5) is 0 Å². The SMILES string of the molecule is NC(=NNC(=O)[C@@H]1CCCN1C(=O)c1cccc(Oc2ccccc2)c1)c1ccc(CP(=O)(O)O)cc1. The van der Waals surface area contributed by atoms with E-state index in [-0.39, 0.29) is 17.9 Å². The number of para-hydroxylation sites is 1. The second-order valence-electron chi connectivity index (χ2n) is 8.59. The minimum atomic E-state index is -4.18. The highest BCUT2D eigenvalue weighted by molar-refractivity contribution is 7.50. The van der Waals surface area contributed by atoms with Crippen molar-refractivity contribution in [3.8, 4) is 11.5 Å². The van der Waals surface area contributed by atoms with Gasteiger partial charge in [-0.15, -0.1) is 0 Å². The zero-order chi connectivity index (χ0) is 26.4. The van der Waals surface area contributed by atoms with Gasteiger partial charge in [-0.3, -0.25) is 14.2 Å². The van der Waals surface area contributed by atoms with Crippen LogP contribution in [0.3, 0.4) is 0 Å². The Balaban J connectivity index is 1.40. The molecule has 1 saturated heterocycles. The summed E-state index contributed by atoms with van der Waals surface area (Å²) < 4.78 is 17.0. The van der Waals surface area contributed by atoms with Crippen molar-refractivity contribution >= 4 is 25.2 Å². The lowest BCUT2D eigenvalue weighted by molar-refractivity contribution is -0.124. The summed E-state index contributed by atoms with van der Waals surface area (Å²) in [7, 11) is -4.18. The van der Waals surface area contributed by atoms with Crippen LogP contribution in [-0.2, 0) is 15.5 Å². The quantitative estimate of drug-likeness (QED) is 0.153. The van der Waals surface area contributed by atoms with Gasteiger partial charge in [0.25, 0.3) is 11.8 Å². The number of hydrazone groups is 1. The first-order valence-corrected chi connectivity index (χ1v) is 13.4. The Labute approximate surface area is 213 Å². The number of amidine groups is 1. The van der Waals surface area contributed by atoms with Crippen LogP contribution in [0.5, 0.6) is 11.5 Å². The molecular weight excluding hydrogens is 495 g/mol. The van der Waals surface area contributed by atoms with E-state index in [2.05, 4.69) is 10.5 Å². The number of likely N-dealkylation sites (tertiary alicyclic amines) is 1. The zero-order valence-corrected chi connectivity index (χ0v) is 20.8. The summed E-state index contributed by atoms with van der Waals surface area (Å²) in [4.78, 5) is 45.8. The maximum Gasteiger partial charge on any atom is 0.329 e. The van der Waals surface area contributed by atoms with Gasteiger partial charge in [0, 0.05) is 17.7 Å². The van der Waals surface area contributed by atoms with E-state index in [1.54, 1.807) is 36.4 Å². The maximum absolute atomic E-state index is 13.2. The highest BCUT2D eigenvalue weighted by atomic mass is 31.2. The molecule has 37 heavy (non-hydrogen) atoms. The van der Waals surface area contributed by atoms with E-state index in [1.165, 1.54) is 17.0 Å². The van der Waals surface area contributed by atoms with Crippen LogP contribution >= 0.6 is 7.60 Å². The molecule has 3 aromatic rings. The molecule has 3 aromatic carbocycles. The largest absolute Gasteiger partial charge is 0.457 e. The van der Waals surface area contributed by atoms with E-state index in [1.807, 2.05) is 30.3 Å². The Kier molecular flexibility index (Phi) is 8.03. The average molecular weight is 522 g/mol. The molecule has 2 amide bonds. The molecule has 0 bridgehead atoms. The van der Waals surface area contributed by atoms with Crippen molar-refractivity contribution < 1.29 is 28.7 Å². The predicted molar refractivity (Wildman–Crippen MR) is 138 cm³/mol. The fourth-order valence-corrected chi connectivity index (χ4v) is 4.73. The summed E-state index contributed by atoms with van der Waals surface area (Å²) >= 11 is 0. The molecule has 4 rings (SSSR count). The van der Waals surface area contributed by atoms with Crippen LogP contribution in [0, 0.1) is 0 Å². The Bertz CT molecular complexity index is 1340. The monoisotopic (exact) mass is 522 g/mol. The van der Waals surface area contributed by atoms with Gasteiger partial charge in [0.1, 0.15) is 17.5 Å². The normalized spacial score (nSPS) is 15.9. The van der Waals surface area contributed by atoms with Gasteiger partial charge in [-0.05, 0) is 48.7 Å². The van der Waals surface area contributed by atoms with Crippen molar-refractivity contribution in [3.05, 3.63) is 95.6 Å². The molecular formula is C26H27N4O6P. The smallest absolute Gasteiger partial charge is 0.329 e. The van der Waals surface area contributed by atoms with Gasteiger partial charge >= 0.3 is 7.60 Å². The minimum Gasteiger partial charge on any atom is -0.457 e. The standard InChI is InChI=1S/C26H27N4O6P/c27-24(19-13-11-18(12-14-19)17-37(33,34)35)28-29-25(31)23-10-5-15-30(23)26(32)20-6-4-9-22(16-20)36-21-7-2-1-3-8-21/h1-4,6-9,11-14,16,23H,5,10,15,17H2,(H2,27,28)(H,29,31)(H2,33,34,35)/t23-/m0/s1. The van der Waals surface area contributed by atoms with Crippen LogP contribution in [0.2, 0.25) is 0 Å². The molecule has 1 heterocycles.